The minimum Gasteiger partial charge on any atom is -0.463 e. The predicted molar refractivity (Wildman–Crippen MR) is 189 cm³/mol. The Labute approximate surface area is 295 Å². The summed E-state index contributed by atoms with van der Waals surface area (Å²) in [5.74, 6) is -0.764. The van der Waals surface area contributed by atoms with Crippen molar-refractivity contribution in [1.82, 2.24) is 20.0 Å². The van der Waals surface area contributed by atoms with E-state index in [0.29, 0.717) is 44.9 Å². The number of esters is 1. The molecule has 0 aliphatic carbocycles. The molecule has 9 atom stereocenters. The largest absolute Gasteiger partial charge is 0.463 e. The van der Waals surface area contributed by atoms with Gasteiger partial charge in [-0.25, -0.2) is 0 Å². The number of aliphatic hydroxyl groups is 1. The Morgan fingerprint density at radius 2 is 1.76 bits per heavy atom. The molecule has 0 aromatic heterocycles. The van der Waals surface area contributed by atoms with Gasteiger partial charge < -0.3 is 39.2 Å². The summed E-state index contributed by atoms with van der Waals surface area (Å²) in [6, 6.07) is -0.270. The van der Waals surface area contributed by atoms with Crippen LogP contribution in [0, 0.1) is 29.1 Å². The molecule has 49 heavy (non-hydrogen) atoms. The van der Waals surface area contributed by atoms with E-state index in [4.69, 9.17) is 18.9 Å². The molecular formula is C37H68N4O8. The highest BCUT2D eigenvalue weighted by molar-refractivity contribution is 6.04. The molecule has 3 aliphatic heterocycles. The molecule has 0 radical (unpaired) electrons. The number of aliphatic hydroxyl groups excluding tert-OH is 1. The van der Waals surface area contributed by atoms with Gasteiger partial charge >= 0.3 is 5.97 Å². The first-order valence-electron chi connectivity index (χ1n) is 18.4. The molecule has 12 nitrogen and oxygen atoms in total. The number of carbonyl (C=O) groups is 3. The number of cyclic esters (lactones) is 1. The average molecular weight is 697 g/mol. The van der Waals surface area contributed by atoms with Crippen LogP contribution in [0.1, 0.15) is 81.1 Å². The van der Waals surface area contributed by atoms with Crippen molar-refractivity contribution in [2.45, 2.75) is 123 Å². The highest BCUT2D eigenvalue weighted by atomic mass is 16.7. The zero-order valence-electron chi connectivity index (χ0n) is 32.5. The third-order valence-electron chi connectivity index (χ3n) is 11.2. The van der Waals surface area contributed by atoms with Crippen molar-refractivity contribution >= 4 is 17.7 Å². The topological polar surface area (TPSA) is 130 Å². The number of hydrogen-bond donors (Lipinski definition) is 2. The van der Waals surface area contributed by atoms with Crippen LogP contribution in [-0.4, -0.2) is 147 Å². The van der Waals surface area contributed by atoms with Crippen LogP contribution in [0.5, 0.6) is 0 Å². The van der Waals surface area contributed by atoms with Crippen molar-refractivity contribution < 1.29 is 38.4 Å². The van der Waals surface area contributed by atoms with E-state index in [0.717, 1.165) is 19.4 Å². The molecule has 0 bridgehead atoms. The zero-order chi connectivity index (χ0) is 36.8. The standard InChI is InChI=1S/C37H68N4O8/c1-23(2)19-38-20-30(42)41-15-13-27(14-16-41)29-22-47-35(45)36(6,7)32(44)26(5)33(37(8,46-12)18-24(3)21-40(29)11)49-34-31(43)28(39(9)10)17-25(4)48-34/h23-29,31,33-34,38,43H,13-22H2,1-12H3/t24-,25-,26+,28+,29+,31+,33-,34+,37-/m1/s1. The Balaban J connectivity index is 1.87. The summed E-state index contributed by atoms with van der Waals surface area (Å²) < 4.78 is 25.1. The highest BCUT2D eigenvalue weighted by Gasteiger charge is 2.51. The number of nitrogens with one attached hydrogen (secondary N) is 1. The van der Waals surface area contributed by atoms with Crippen LogP contribution in [0.15, 0.2) is 0 Å². The van der Waals surface area contributed by atoms with Gasteiger partial charge in [0, 0.05) is 44.7 Å². The Kier molecular flexibility index (Phi) is 15.1. The van der Waals surface area contributed by atoms with Crippen molar-refractivity contribution in [3.05, 3.63) is 0 Å². The number of likely N-dealkylation sites (N-methyl/N-ethyl adjacent to an activating group) is 2. The molecule has 0 spiro atoms. The first-order valence-corrected chi connectivity index (χ1v) is 18.4. The number of rotatable bonds is 9. The van der Waals surface area contributed by atoms with Crippen LogP contribution in [0.2, 0.25) is 0 Å². The fourth-order valence-electron chi connectivity index (χ4n) is 8.17. The lowest BCUT2D eigenvalue weighted by molar-refractivity contribution is -0.295. The van der Waals surface area contributed by atoms with Gasteiger partial charge in [0.25, 0.3) is 0 Å². The summed E-state index contributed by atoms with van der Waals surface area (Å²) in [5, 5.41) is 14.6. The van der Waals surface area contributed by atoms with E-state index in [1.807, 2.05) is 37.7 Å². The summed E-state index contributed by atoms with van der Waals surface area (Å²) in [6.07, 6.45) is -0.117. The minimum atomic E-state index is -1.46. The molecule has 0 unspecified atom stereocenters. The average Bonchev–Trinajstić information content (AvgIpc) is 3.03. The van der Waals surface area contributed by atoms with E-state index in [1.165, 1.54) is 0 Å². The highest BCUT2D eigenvalue weighted by Crippen LogP contribution is 2.38. The lowest BCUT2D eigenvalue weighted by Gasteiger charge is -2.47. The van der Waals surface area contributed by atoms with Crippen molar-refractivity contribution in [2.24, 2.45) is 29.1 Å². The zero-order valence-corrected chi connectivity index (χ0v) is 32.5. The van der Waals surface area contributed by atoms with Gasteiger partial charge in [0.05, 0.1) is 24.4 Å². The second-order valence-electron chi connectivity index (χ2n) is 16.6. The number of amides is 1. The lowest BCUT2D eigenvalue weighted by atomic mass is 9.74. The maximum Gasteiger partial charge on any atom is 0.319 e. The molecule has 3 saturated heterocycles. The predicted octanol–water partition coefficient (Wildman–Crippen LogP) is 2.80. The van der Waals surface area contributed by atoms with Gasteiger partial charge in [0.1, 0.15) is 18.1 Å². The summed E-state index contributed by atoms with van der Waals surface area (Å²) in [4.78, 5) is 47.1. The van der Waals surface area contributed by atoms with Crippen molar-refractivity contribution in [3.8, 4) is 0 Å². The van der Waals surface area contributed by atoms with Gasteiger partial charge in [0.15, 0.2) is 12.1 Å². The molecule has 0 aromatic carbocycles. The first kappa shape index (κ1) is 41.7. The number of carbonyl (C=O) groups excluding carboxylic acids is 3. The number of piperidine rings is 1. The minimum absolute atomic E-state index is 0.0807. The summed E-state index contributed by atoms with van der Waals surface area (Å²) in [5.41, 5.74) is -2.41. The monoisotopic (exact) mass is 697 g/mol. The third kappa shape index (κ3) is 10.5. The number of hydrogen-bond acceptors (Lipinski definition) is 11. The number of ether oxygens (including phenoxy) is 4. The Morgan fingerprint density at radius 1 is 1.12 bits per heavy atom. The smallest absolute Gasteiger partial charge is 0.319 e. The van der Waals surface area contributed by atoms with Crippen LogP contribution in [0.3, 0.4) is 0 Å². The number of nitrogens with zero attached hydrogens (tertiary/aromatic N) is 3. The quantitative estimate of drug-likeness (QED) is 0.273. The molecule has 3 fully saturated rings. The second kappa shape index (κ2) is 17.7. The second-order valence-corrected chi connectivity index (χ2v) is 16.6. The van der Waals surface area contributed by atoms with E-state index in [2.05, 4.69) is 38.0 Å². The molecule has 0 saturated carbocycles. The number of Topliss-reactive ketones (excluding diaryl/α,β-unsaturated/α-hetero) is 1. The van der Waals surface area contributed by atoms with E-state index in [1.54, 1.807) is 27.9 Å². The number of ketones is 1. The molecular weight excluding hydrogens is 628 g/mol. The number of methoxy groups -OCH3 is 1. The van der Waals surface area contributed by atoms with Gasteiger partial charge in [-0.3, -0.25) is 19.3 Å². The number of likely N-dealkylation sites (tertiary alicyclic amines) is 1. The Hall–Kier alpha value is -1.67. The molecule has 1 amide bonds. The molecule has 284 valence electrons. The van der Waals surface area contributed by atoms with E-state index < -0.39 is 41.4 Å². The lowest BCUT2D eigenvalue weighted by Crippen LogP contribution is -2.59. The fourth-order valence-corrected chi connectivity index (χ4v) is 8.17. The molecule has 3 rings (SSSR count). The summed E-state index contributed by atoms with van der Waals surface area (Å²) in [7, 11) is 7.53. The Morgan fingerprint density at radius 3 is 2.33 bits per heavy atom. The third-order valence-corrected chi connectivity index (χ3v) is 11.2. The van der Waals surface area contributed by atoms with E-state index in [9.17, 15) is 19.5 Å². The van der Waals surface area contributed by atoms with Crippen LogP contribution < -0.4 is 5.32 Å². The maximum absolute atomic E-state index is 14.3. The fraction of sp³-hybridized carbons (Fsp3) is 0.919. The summed E-state index contributed by atoms with van der Waals surface area (Å²) >= 11 is 0. The Bertz CT molecular complexity index is 1100. The van der Waals surface area contributed by atoms with Crippen molar-refractivity contribution in [3.63, 3.8) is 0 Å². The van der Waals surface area contributed by atoms with Gasteiger partial charge in [-0.1, -0.05) is 27.7 Å². The van der Waals surface area contributed by atoms with E-state index >= 15 is 0 Å². The molecule has 12 heteroatoms. The van der Waals surface area contributed by atoms with Crippen LogP contribution >= 0.6 is 0 Å². The van der Waals surface area contributed by atoms with Crippen LogP contribution in [-0.2, 0) is 33.3 Å². The van der Waals surface area contributed by atoms with E-state index in [-0.39, 0.29) is 48.3 Å². The first-order chi connectivity index (χ1) is 22.8. The maximum atomic E-state index is 14.3. The van der Waals surface area contributed by atoms with Crippen LogP contribution in [0.25, 0.3) is 0 Å². The normalized spacial score (nSPS) is 36.3. The van der Waals surface area contributed by atoms with Gasteiger partial charge in [0.2, 0.25) is 5.91 Å². The van der Waals surface area contributed by atoms with Crippen molar-refractivity contribution in [1.29, 1.82) is 0 Å². The van der Waals surface area contributed by atoms with Crippen LogP contribution in [0.4, 0.5) is 0 Å². The van der Waals surface area contributed by atoms with Gasteiger partial charge in [-0.15, -0.1) is 0 Å². The van der Waals surface area contributed by atoms with Crippen molar-refractivity contribution in [2.75, 3.05) is 67.6 Å². The molecule has 2 N–H and O–H groups in total. The molecule has 0 aromatic rings. The SMILES string of the molecule is CO[C@]1(C)C[C@@H](C)CN(C)[C@H](C2CCN(C(=O)CNCC(C)C)CC2)COC(=O)C(C)(C)C(=O)[C@H](C)[C@H]1O[C@@H]1O[C@H](C)C[C@H](N(C)C)[C@@H]1O. The summed E-state index contributed by atoms with van der Waals surface area (Å²) in [6.45, 7) is 18.6. The van der Waals surface area contributed by atoms with Gasteiger partial charge in [-0.05, 0) is 98.8 Å². The molecule has 3 aliphatic rings. The molecule has 3 heterocycles. The van der Waals surface area contributed by atoms with Gasteiger partial charge in [-0.2, -0.15) is 0 Å².